The first-order chi connectivity index (χ1) is 19.6. The molecule has 0 aliphatic carbocycles. The topological polar surface area (TPSA) is 166 Å². The summed E-state index contributed by atoms with van der Waals surface area (Å²) in [5, 5.41) is 38.0. The number of rotatable bonds is 10. The fourth-order valence-corrected chi connectivity index (χ4v) is 4.45. The number of benzene rings is 4. The van der Waals surface area contributed by atoms with Gasteiger partial charge in [0, 0.05) is 6.07 Å². The molecule has 0 fully saturated rings. The molecule has 41 heavy (non-hydrogen) atoms. The molecule has 0 atom stereocenters. The molecule has 4 rings (SSSR count). The van der Waals surface area contributed by atoms with E-state index in [1.165, 1.54) is 19.4 Å². The smallest absolute Gasteiger partial charge is 0.318 e. The molecule has 208 valence electrons. The van der Waals surface area contributed by atoms with Gasteiger partial charge in [0.05, 0.1) is 33.7 Å². The Morgan fingerprint density at radius 1 is 0.927 bits per heavy atom. The first-order valence-corrected chi connectivity index (χ1v) is 12.6. The van der Waals surface area contributed by atoms with Crippen molar-refractivity contribution in [3.8, 4) is 17.2 Å². The predicted molar refractivity (Wildman–Crippen MR) is 152 cm³/mol. The lowest BCUT2D eigenvalue weighted by Gasteiger charge is -2.27. The third kappa shape index (κ3) is 6.21. The van der Waals surface area contributed by atoms with Crippen LogP contribution in [-0.4, -0.2) is 34.2 Å². The highest BCUT2D eigenvalue weighted by Crippen LogP contribution is 2.42. The van der Waals surface area contributed by atoms with E-state index in [-0.39, 0.29) is 17.2 Å². The normalized spacial score (nSPS) is 11.2. The summed E-state index contributed by atoms with van der Waals surface area (Å²) in [6, 6.07) is 22.9. The van der Waals surface area contributed by atoms with Gasteiger partial charge >= 0.3 is 5.69 Å². The Balaban J connectivity index is 1.59. The maximum Gasteiger partial charge on any atom is 0.318 e. The van der Waals surface area contributed by atoms with E-state index in [2.05, 4.69) is 26.5 Å². The lowest BCUT2D eigenvalue weighted by molar-refractivity contribution is -0.394. The van der Waals surface area contributed by atoms with Crippen LogP contribution in [0.3, 0.4) is 0 Å². The first kappa shape index (κ1) is 28.9. The molecule has 0 heterocycles. The molecule has 0 aromatic heterocycles. The lowest BCUT2D eigenvalue weighted by atomic mass is 9.85. The Labute approximate surface area is 241 Å². The van der Waals surface area contributed by atoms with Crippen LogP contribution in [-0.2, 0) is 10.4 Å². The molecule has 13 heteroatoms. The van der Waals surface area contributed by atoms with Gasteiger partial charge in [0.2, 0.25) is 5.75 Å². The third-order valence-corrected chi connectivity index (χ3v) is 6.49. The lowest BCUT2D eigenvalue weighted by Crippen LogP contribution is -2.43. The highest BCUT2D eigenvalue weighted by atomic mass is 79.9. The van der Waals surface area contributed by atoms with Crippen molar-refractivity contribution in [3.63, 3.8) is 0 Å². The van der Waals surface area contributed by atoms with Crippen molar-refractivity contribution in [2.75, 3.05) is 7.11 Å². The van der Waals surface area contributed by atoms with Crippen molar-refractivity contribution < 1.29 is 29.2 Å². The monoisotopic (exact) mass is 620 g/mol. The minimum absolute atomic E-state index is 0.0631. The van der Waals surface area contributed by atoms with Gasteiger partial charge in [0.1, 0.15) is 0 Å². The van der Waals surface area contributed by atoms with Gasteiger partial charge in [-0.3, -0.25) is 25.0 Å². The summed E-state index contributed by atoms with van der Waals surface area (Å²) in [4.78, 5) is 34.2. The summed E-state index contributed by atoms with van der Waals surface area (Å²) >= 11 is 3.34. The van der Waals surface area contributed by atoms with Crippen molar-refractivity contribution in [2.45, 2.75) is 5.60 Å². The quantitative estimate of drug-likeness (QED) is 0.134. The number of aliphatic hydroxyl groups is 1. The van der Waals surface area contributed by atoms with Crippen molar-refractivity contribution in [1.29, 1.82) is 0 Å². The predicted octanol–water partition coefficient (Wildman–Crippen LogP) is 5.45. The van der Waals surface area contributed by atoms with Crippen LogP contribution in [0.15, 0.2) is 101 Å². The molecule has 12 nitrogen and oxygen atoms in total. The molecule has 0 aliphatic heterocycles. The highest BCUT2D eigenvalue weighted by Gasteiger charge is 2.39. The van der Waals surface area contributed by atoms with E-state index in [0.29, 0.717) is 21.2 Å². The van der Waals surface area contributed by atoms with Crippen LogP contribution >= 0.6 is 15.9 Å². The molecule has 0 bridgehead atoms. The molecule has 0 spiro atoms. The number of amides is 1. The molecule has 0 aliphatic rings. The highest BCUT2D eigenvalue weighted by molar-refractivity contribution is 9.10. The number of nitro benzene ring substituents is 2. The number of hydrazone groups is 1. The molecule has 0 unspecified atom stereocenters. The molecule has 0 saturated carbocycles. The molecule has 1 amide bonds. The Kier molecular flexibility index (Phi) is 8.70. The van der Waals surface area contributed by atoms with Crippen molar-refractivity contribution in [1.82, 2.24) is 5.43 Å². The van der Waals surface area contributed by atoms with Crippen LogP contribution in [0.25, 0.3) is 0 Å². The second-order valence-electron chi connectivity index (χ2n) is 8.44. The van der Waals surface area contributed by atoms with E-state index in [4.69, 9.17) is 9.47 Å². The molecular weight excluding hydrogens is 600 g/mol. The van der Waals surface area contributed by atoms with Crippen LogP contribution < -0.4 is 14.9 Å². The molecule has 0 radical (unpaired) electrons. The number of hydrogen-bond acceptors (Lipinski definition) is 9. The van der Waals surface area contributed by atoms with E-state index in [1.54, 1.807) is 66.7 Å². The largest absolute Gasteiger partial charge is 0.493 e. The average Bonchev–Trinajstić information content (AvgIpc) is 2.98. The Hall–Kier alpha value is -5.14. The van der Waals surface area contributed by atoms with E-state index < -0.39 is 32.7 Å². The maximum absolute atomic E-state index is 13.2. The fourth-order valence-electron chi connectivity index (χ4n) is 3.91. The third-order valence-electron chi connectivity index (χ3n) is 5.91. The summed E-state index contributed by atoms with van der Waals surface area (Å²) < 4.78 is 11.4. The van der Waals surface area contributed by atoms with E-state index in [1.807, 2.05) is 0 Å². The number of ether oxygens (including phenoxy) is 2. The minimum atomic E-state index is -2.02. The van der Waals surface area contributed by atoms with Crippen LogP contribution in [0, 0.1) is 20.2 Å². The van der Waals surface area contributed by atoms with Crippen molar-refractivity contribution >= 4 is 39.4 Å². The number of nitro groups is 2. The summed E-state index contributed by atoms with van der Waals surface area (Å²) in [5.41, 5.74) is 0.427. The number of nitrogens with zero attached hydrogens (tertiary/aromatic N) is 3. The van der Waals surface area contributed by atoms with Gasteiger partial charge in [-0.15, -0.1) is 0 Å². The van der Waals surface area contributed by atoms with Gasteiger partial charge in [0.25, 0.3) is 11.6 Å². The maximum atomic E-state index is 13.2. The van der Waals surface area contributed by atoms with Crippen LogP contribution in [0.4, 0.5) is 11.4 Å². The zero-order valence-corrected chi connectivity index (χ0v) is 22.8. The standard InChI is InChI=1S/C28H21BrN4O8/c1-40-25-15-18(14-22(29)26(25)41-24-13-12-21(32(36)37)16-23(24)33(38)39)17-30-31-27(34)28(35,19-8-4-2-5-9-19)20-10-6-3-7-11-20/h2-17,35H,1H3,(H,31,34)/b30-17-. The molecule has 4 aromatic carbocycles. The average molecular weight is 621 g/mol. The number of carbonyl (C=O) groups excluding carboxylic acids is 1. The number of nitrogens with one attached hydrogen (secondary N) is 1. The van der Waals surface area contributed by atoms with Gasteiger partial charge in [0.15, 0.2) is 17.1 Å². The zero-order valence-electron chi connectivity index (χ0n) is 21.3. The second kappa shape index (κ2) is 12.4. The van der Waals surface area contributed by atoms with E-state index in [9.17, 15) is 30.1 Å². The van der Waals surface area contributed by atoms with E-state index in [0.717, 1.165) is 18.2 Å². The van der Waals surface area contributed by atoms with Crippen LogP contribution in [0.1, 0.15) is 16.7 Å². The van der Waals surface area contributed by atoms with Gasteiger partial charge in [-0.2, -0.15) is 5.10 Å². The number of hydrogen-bond donors (Lipinski definition) is 2. The molecule has 4 aromatic rings. The SMILES string of the molecule is COc1cc(/C=N\NC(=O)C(O)(c2ccccc2)c2ccccc2)cc(Br)c1Oc1ccc([N+](=O)[O-])cc1[N+](=O)[O-]. The molecule has 2 N–H and O–H groups in total. The van der Waals surface area contributed by atoms with Gasteiger partial charge in [-0.05, 0) is 50.8 Å². The first-order valence-electron chi connectivity index (χ1n) is 11.8. The minimum Gasteiger partial charge on any atom is -0.493 e. The second-order valence-corrected chi connectivity index (χ2v) is 9.30. The summed E-state index contributed by atoms with van der Waals surface area (Å²) in [6.07, 6.45) is 1.31. The van der Waals surface area contributed by atoms with Crippen LogP contribution in [0.5, 0.6) is 17.2 Å². The number of methoxy groups -OCH3 is 1. The molecule has 0 saturated heterocycles. The Bertz CT molecular complexity index is 1590. The van der Waals surface area contributed by atoms with Crippen molar-refractivity contribution in [2.24, 2.45) is 5.10 Å². The summed E-state index contributed by atoms with van der Waals surface area (Å²) in [7, 11) is 1.35. The summed E-state index contributed by atoms with van der Waals surface area (Å²) in [5.74, 6) is -0.824. The summed E-state index contributed by atoms with van der Waals surface area (Å²) in [6.45, 7) is 0. The fraction of sp³-hybridized carbons (Fsp3) is 0.0714. The number of non-ortho nitro benzene ring substituents is 1. The molecular formula is C28H21BrN4O8. The Morgan fingerprint density at radius 3 is 2.07 bits per heavy atom. The number of halogens is 1. The Morgan fingerprint density at radius 2 is 1.54 bits per heavy atom. The van der Waals surface area contributed by atoms with Gasteiger partial charge < -0.3 is 14.6 Å². The zero-order chi connectivity index (χ0) is 29.6. The van der Waals surface area contributed by atoms with Gasteiger partial charge in [-0.1, -0.05) is 60.7 Å². The van der Waals surface area contributed by atoms with E-state index >= 15 is 0 Å². The van der Waals surface area contributed by atoms with Gasteiger partial charge in [-0.25, -0.2) is 5.43 Å². The van der Waals surface area contributed by atoms with Crippen molar-refractivity contribution in [3.05, 3.63) is 132 Å². The number of carbonyl (C=O) groups is 1. The van der Waals surface area contributed by atoms with Crippen LogP contribution in [0.2, 0.25) is 0 Å².